The van der Waals surface area contributed by atoms with Crippen molar-refractivity contribution in [1.29, 1.82) is 0 Å². The molecule has 1 amide bonds. The standard InChI is InChI=1S/C11H9ClF3N5O2S2/c12-5-6(24-18-7(5)21)8(22)19-1-3-20(4-2-19)10-17-16-9(23-10)11(13,14)15/h1-4H2,(H,18,21). The van der Waals surface area contributed by atoms with Gasteiger partial charge in [0.25, 0.3) is 11.5 Å². The molecule has 0 bridgehead atoms. The normalized spacial score (nSPS) is 15.8. The lowest BCUT2D eigenvalue weighted by molar-refractivity contribution is -0.138. The summed E-state index contributed by atoms with van der Waals surface area (Å²) < 4.78 is 40.1. The van der Waals surface area contributed by atoms with Gasteiger partial charge in [-0.25, -0.2) is 0 Å². The first-order valence-electron chi connectivity index (χ1n) is 6.59. The molecule has 13 heteroatoms. The second-order valence-corrected chi connectivity index (χ2v) is 6.99. The number of anilines is 1. The fourth-order valence-corrected chi connectivity index (χ4v) is 3.89. The van der Waals surface area contributed by atoms with E-state index in [1.165, 1.54) is 4.90 Å². The fraction of sp³-hybridized carbons (Fsp3) is 0.455. The Kier molecular flexibility index (Phi) is 4.53. The van der Waals surface area contributed by atoms with Crippen LogP contribution in [0, 0.1) is 0 Å². The summed E-state index contributed by atoms with van der Waals surface area (Å²) in [6, 6.07) is 0. The van der Waals surface area contributed by atoms with Gasteiger partial charge in [-0.1, -0.05) is 34.5 Å². The molecule has 0 saturated carbocycles. The molecule has 2 aromatic rings. The second-order valence-electron chi connectivity index (χ2n) is 4.84. The van der Waals surface area contributed by atoms with Crippen LogP contribution >= 0.6 is 34.5 Å². The molecule has 0 aliphatic carbocycles. The Balaban J connectivity index is 1.65. The van der Waals surface area contributed by atoms with Gasteiger partial charge in [0, 0.05) is 26.2 Å². The zero-order chi connectivity index (χ0) is 17.5. The molecule has 24 heavy (non-hydrogen) atoms. The van der Waals surface area contributed by atoms with Gasteiger partial charge in [-0.15, -0.1) is 10.2 Å². The minimum atomic E-state index is -4.52. The van der Waals surface area contributed by atoms with Gasteiger partial charge >= 0.3 is 6.18 Å². The minimum Gasteiger partial charge on any atom is -0.343 e. The number of aromatic nitrogens is 3. The molecule has 3 heterocycles. The van der Waals surface area contributed by atoms with Crippen molar-refractivity contribution in [3.63, 3.8) is 0 Å². The van der Waals surface area contributed by atoms with Crippen LogP contribution in [-0.4, -0.2) is 51.6 Å². The summed E-state index contributed by atoms with van der Waals surface area (Å²) >= 11 is 7.11. The van der Waals surface area contributed by atoms with Crippen LogP contribution in [0.3, 0.4) is 0 Å². The summed E-state index contributed by atoms with van der Waals surface area (Å²) in [5, 5.41) is 5.72. The molecule has 1 fully saturated rings. The van der Waals surface area contributed by atoms with E-state index in [0.717, 1.165) is 11.5 Å². The summed E-state index contributed by atoms with van der Waals surface area (Å²) in [7, 11) is 0. The number of halogens is 4. The van der Waals surface area contributed by atoms with E-state index in [0.29, 0.717) is 24.4 Å². The fourth-order valence-electron chi connectivity index (χ4n) is 2.13. The predicted molar refractivity (Wildman–Crippen MR) is 83.0 cm³/mol. The van der Waals surface area contributed by atoms with Gasteiger partial charge < -0.3 is 9.80 Å². The smallest absolute Gasteiger partial charge is 0.343 e. The number of nitrogens with zero attached hydrogens (tertiary/aromatic N) is 4. The van der Waals surface area contributed by atoms with Crippen LogP contribution in [0.5, 0.6) is 0 Å². The average molecular weight is 400 g/mol. The topological polar surface area (TPSA) is 82.2 Å². The number of hydrogen-bond acceptors (Lipinski definition) is 7. The highest BCUT2D eigenvalue weighted by atomic mass is 35.5. The number of piperazine rings is 1. The minimum absolute atomic E-state index is 0.130. The van der Waals surface area contributed by atoms with Crippen molar-refractivity contribution in [1.82, 2.24) is 19.5 Å². The molecule has 0 aromatic carbocycles. The Morgan fingerprint density at radius 3 is 2.38 bits per heavy atom. The molecule has 3 rings (SSSR count). The number of aromatic amines is 1. The van der Waals surface area contributed by atoms with E-state index in [2.05, 4.69) is 14.6 Å². The molecule has 1 saturated heterocycles. The van der Waals surface area contributed by atoms with E-state index < -0.39 is 16.7 Å². The van der Waals surface area contributed by atoms with Crippen LogP contribution in [0.15, 0.2) is 4.79 Å². The van der Waals surface area contributed by atoms with Gasteiger partial charge in [0.1, 0.15) is 9.90 Å². The van der Waals surface area contributed by atoms with E-state index in [4.69, 9.17) is 11.6 Å². The first-order chi connectivity index (χ1) is 11.3. The summed E-state index contributed by atoms with van der Waals surface area (Å²) in [5.41, 5.74) is -0.516. The van der Waals surface area contributed by atoms with Crippen LogP contribution in [-0.2, 0) is 6.18 Å². The zero-order valence-electron chi connectivity index (χ0n) is 11.8. The van der Waals surface area contributed by atoms with Crippen LogP contribution in [0.2, 0.25) is 5.02 Å². The average Bonchev–Trinajstić information content (AvgIpc) is 3.15. The summed E-state index contributed by atoms with van der Waals surface area (Å²) in [6.07, 6.45) is -4.52. The third kappa shape index (κ3) is 3.26. The van der Waals surface area contributed by atoms with Crippen LogP contribution < -0.4 is 10.5 Å². The molecule has 130 valence electrons. The highest BCUT2D eigenvalue weighted by Crippen LogP contribution is 2.34. The van der Waals surface area contributed by atoms with Crippen molar-refractivity contribution in [2.75, 3.05) is 31.1 Å². The number of carbonyl (C=O) groups is 1. The molecule has 2 aromatic heterocycles. The van der Waals surface area contributed by atoms with Crippen LogP contribution in [0.25, 0.3) is 0 Å². The molecule has 0 spiro atoms. The van der Waals surface area contributed by atoms with Gasteiger partial charge in [-0.05, 0) is 0 Å². The SMILES string of the molecule is O=C(c1s[nH]c(=O)c1Cl)N1CCN(c2nnc(C(F)(F)F)s2)CC1. The highest BCUT2D eigenvalue weighted by Gasteiger charge is 2.36. The van der Waals surface area contributed by atoms with Gasteiger partial charge in [-0.2, -0.15) is 13.2 Å². The summed E-state index contributed by atoms with van der Waals surface area (Å²) in [4.78, 5) is 26.9. The van der Waals surface area contributed by atoms with E-state index in [1.807, 2.05) is 0 Å². The lowest BCUT2D eigenvalue weighted by atomic mass is 10.3. The van der Waals surface area contributed by atoms with Crippen molar-refractivity contribution >= 4 is 45.5 Å². The lowest BCUT2D eigenvalue weighted by Crippen LogP contribution is -2.48. The molecule has 7 nitrogen and oxygen atoms in total. The molecular weight excluding hydrogens is 391 g/mol. The molecule has 0 atom stereocenters. The Morgan fingerprint density at radius 1 is 1.21 bits per heavy atom. The number of carbonyl (C=O) groups excluding carboxylic acids is 1. The number of alkyl halides is 3. The summed E-state index contributed by atoms with van der Waals surface area (Å²) in [6.45, 7) is 1.19. The Labute approximate surface area is 145 Å². The highest BCUT2D eigenvalue weighted by molar-refractivity contribution is 7.15. The zero-order valence-corrected chi connectivity index (χ0v) is 14.2. The molecule has 1 aliphatic heterocycles. The van der Waals surface area contributed by atoms with Gasteiger partial charge in [0.2, 0.25) is 10.1 Å². The predicted octanol–water partition coefficient (Wildman–Crippen LogP) is 1.92. The number of hydrogen-bond donors (Lipinski definition) is 1. The third-order valence-corrected chi connectivity index (χ3v) is 5.70. The van der Waals surface area contributed by atoms with Crippen molar-refractivity contribution in [2.45, 2.75) is 6.18 Å². The number of H-pyrrole nitrogens is 1. The Morgan fingerprint density at radius 2 is 1.88 bits per heavy atom. The maximum atomic E-state index is 12.6. The number of rotatable bonds is 2. The number of nitrogens with one attached hydrogen (secondary N) is 1. The summed E-state index contributed by atoms with van der Waals surface area (Å²) in [5.74, 6) is -0.378. The van der Waals surface area contributed by atoms with Crippen LogP contribution in [0.1, 0.15) is 14.7 Å². The van der Waals surface area contributed by atoms with E-state index >= 15 is 0 Å². The van der Waals surface area contributed by atoms with E-state index in [-0.39, 0.29) is 34.0 Å². The Hall–Kier alpha value is -1.66. The number of amides is 1. The second kappa shape index (κ2) is 6.33. The maximum absolute atomic E-state index is 12.6. The van der Waals surface area contributed by atoms with Gasteiger partial charge in [0.15, 0.2) is 0 Å². The largest absolute Gasteiger partial charge is 0.445 e. The van der Waals surface area contributed by atoms with Crippen LogP contribution in [0.4, 0.5) is 18.3 Å². The molecule has 0 unspecified atom stereocenters. The van der Waals surface area contributed by atoms with Crippen molar-refractivity contribution in [3.8, 4) is 0 Å². The maximum Gasteiger partial charge on any atom is 0.445 e. The first kappa shape index (κ1) is 17.2. The van der Waals surface area contributed by atoms with Crippen molar-refractivity contribution in [3.05, 3.63) is 25.3 Å². The Bertz CT molecular complexity index is 809. The van der Waals surface area contributed by atoms with Crippen molar-refractivity contribution in [2.24, 2.45) is 0 Å². The molecule has 0 radical (unpaired) electrons. The van der Waals surface area contributed by atoms with E-state index in [1.54, 1.807) is 4.90 Å². The quantitative estimate of drug-likeness (QED) is 0.834. The third-order valence-electron chi connectivity index (χ3n) is 3.33. The lowest BCUT2D eigenvalue weighted by Gasteiger charge is -2.34. The first-order valence-corrected chi connectivity index (χ1v) is 8.60. The monoisotopic (exact) mass is 399 g/mol. The molecular formula is C11H9ClF3N5O2S2. The van der Waals surface area contributed by atoms with Crippen molar-refractivity contribution < 1.29 is 18.0 Å². The van der Waals surface area contributed by atoms with Gasteiger partial charge in [-0.3, -0.25) is 14.0 Å². The molecule has 1 aliphatic rings. The van der Waals surface area contributed by atoms with Gasteiger partial charge in [0.05, 0.1) is 0 Å². The molecule has 1 N–H and O–H groups in total. The van der Waals surface area contributed by atoms with E-state index in [9.17, 15) is 22.8 Å².